The first-order chi connectivity index (χ1) is 9.67. The Morgan fingerprint density at radius 2 is 1.55 bits per heavy atom. The third kappa shape index (κ3) is 5.61. The van der Waals surface area contributed by atoms with Crippen molar-refractivity contribution in [2.75, 3.05) is 0 Å². The fraction of sp³-hybridized carbons (Fsp3) is 0. The van der Waals surface area contributed by atoms with Gasteiger partial charge in [0.1, 0.15) is 0 Å². The molecule has 0 aliphatic heterocycles. The zero-order chi connectivity index (χ0) is 14.8. The van der Waals surface area contributed by atoms with Gasteiger partial charge in [0.15, 0.2) is 0 Å². The first kappa shape index (κ1) is 15.8. The fourth-order valence-corrected chi connectivity index (χ4v) is 1.55. The van der Waals surface area contributed by atoms with Crippen molar-refractivity contribution in [3.05, 3.63) is 58.6 Å². The minimum atomic E-state index is 0.458. The Hall–Kier alpha value is -2.22. The van der Waals surface area contributed by atoms with Gasteiger partial charge in [-0.25, -0.2) is 9.59 Å². The second-order valence-corrected chi connectivity index (χ2v) is 4.18. The molecular formula is C14H8Cl2N2O2. The van der Waals surface area contributed by atoms with Gasteiger partial charge >= 0.3 is 0 Å². The lowest BCUT2D eigenvalue weighted by Gasteiger charge is -1.90. The van der Waals surface area contributed by atoms with E-state index in [0.29, 0.717) is 21.4 Å². The van der Waals surface area contributed by atoms with Gasteiger partial charge in [0.05, 0.1) is 16.4 Å². The molecule has 2 aromatic rings. The van der Waals surface area contributed by atoms with Crippen LogP contribution in [0.3, 0.4) is 0 Å². The van der Waals surface area contributed by atoms with Crippen LogP contribution in [0, 0.1) is 0 Å². The summed E-state index contributed by atoms with van der Waals surface area (Å²) in [6, 6.07) is 13.5. The van der Waals surface area contributed by atoms with Crippen molar-refractivity contribution in [2.45, 2.75) is 0 Å². The highest BCUT2D eigenvalue weighted by Gasteiger charge is 1.92. The van der Waals surface area contributed by atoms with E-state index < -0.39 is 0 Å². The number of hydrogen-bond donors (Lipinski definition) is 0. The van der Waals surface area contributed by atoms with Crippen molar-refractivity contribution < 1.29 is 9.59 Å². The summed E-state index contributed by atoms with van der Waals surface area (Å²) in [6.45, 7) is 0. The third-order valence-electron chi connectivity index (χ3n) is 2.00. The van der Waals surface area contributed by atoms with E-state index in [1.807, 2.05) is 0 Å². The summed E-state index contributed by atoms with van der Waals surface area (Å²) in [5.41, 5.74) is 0.988. The SMILES string of the molecule is O=C=Nc1cccc(Cl)c1.O=C=Nc1ccccc1Cl. The molecule has 0 fully saturated rings. The van der Waals surface area contributed by atoms with Gasteiger partial charge in [-0.05, 0) is 30.3 Å². The molecule has 20 heavy (non-hydrogen) atoms. The van der Waals surface area contributed by atoms with Gasteiger partial charge in [-0.2, -0.15) is 9.98 Å². The first-order valence-corrected chi connectivity index (χ1v) is 6.09. The molecule has 0 bridgehead atoms. The van der Waals surface area contributed by atoms with E-state index in [2.05, 4.69) is 9.98 Å². The van der Waals surface area contributed by atoms with Crippen LogP contribution in [-0.2, 0) is 9.59 Å². The van der Waals surface area contributed by atoms with E-state index in [1.54, 1.807) is 48.5 Å². The number of nitrogens with zero attached hydrogens (tertiary/aromatic N) is 2. The van der Waals surface area contributed by atoms with Crippen molar-refractivity contribution in [2.24, 2.45) is 9.98 Å². The number of rotatable bonds is 2. The predicted molar refractivity (Wildman–Crippen MR) is 78.5 cm³/mol. The maximum absolute atomic E-state index is 9.78. The quantitative estimate of drug-likeness (QED) is 0.600. The fourth-order valence-electron chi connectivity index (χ4n) is 1.19. The highest BCUT2D eigenvalue weighted by molar-refractivity contribution is 6.33. The summed E-state index contributed by atoms with van der Waals surface area (Å²) in [6.07, 6.45) is 2.84. The lowest BCUT2D eigenvalue weighted by atomic mass is 10.3. The normalized spacial score (nSPS) is 8.50. The molecule has 0 aromatic heterocycles. The molecule has 0 heterocycles. The summed E-state index contributed by atoms with van der Waals surface area (Å²) >= 11 is 11.2. The second kappa shape index (κ2) is 8.81. The van der Waals surface area contributed by atoms with Crippen molar-refractivity contribution in [3.8, 4) is 0 Å². The van der Waals surface area contributed by atoms with Crippen LogP contribution < -0.4 is 0 Å². The average molecular weight is 307 g/mol. The third-order valence-corrected chi connectivity index (χ3v) is 2.56. The van der Waals surface area contributed by atoms with E-state index in [-0.39, 0.29) is 0 Å². The first-order valence-electron chi connectivity index (χ1n) is 5.33. The van der Waals surface area contributed by atoms with Gasteiger partial charge < -0.3 is 0 Å². The Morgan fingerprint density at radius 3 is 2.15 bits per heavy atom. The maximum Gasteiger partial charge on any atom is 0.240 e. The molecule has 0 amide bonds. The Kier molecular flexibility index (Phi) is 6.97. The van der Waals surface area contributed by atoms with Crippen LogP contribution in [0.25, 0.3) is 0 Å². The van der Waals surface area contributed by atoms with Gasteiger partial charge in [0.25, 0.3) is 0 Å². The Morgan fingerprint density at radius 1 is 0.850 bits per heavy atom. The molecule has 0 unspecified atom stereocenters. The molecule has 0 saturated heterocycles. The number of carbonyl (C=O) groups excluding carboxylic acids is 2. The van der Waals surface area contributed by atoms with Crippen LogP contribution in [0.5, 0.6) is 0 Å². The smallest absolute Gasteiger partial charge is 0.211 e. The topological polar surface area (TPSA) is 58.9 Å². The molecule has 4 nitrogen and oxygen atoms in total. The molecule has 2 rings (SSSR count). The molecule has 6 heteroatoms. The summed E-state index contributed by atoms with van der Waals surface area (Å²) in [5.74, 6) is 0. The molecule has 100 valence electrons. The zero-order valence-electron chi connectivity index (χ0n) is 10.1. The molecule has 0 N–H and O–H groups in total. The number of halogens is 2. The van der Waals surface area contributed by atoms with E-state index in [0.717, 1.165) is 0 Å². The monoisotopic (exact) mass is 306 g/mol. The largest absolute Gasteiger partial charge is 0.240 e. The molecule has 2 aromatic carbocycles. The number of benzene rings is 2. The number of aliphatic imine (C=N–C) groups is 2. The van der Waals surface area contributed by atoms with E-state index in [9.17, 15) is 9.59 Å². The van der Waals surface area contributed by atoms with E-state index >= 15 is 0 Å². The van der Waals surface area contributed by atoms with Crippen molar-refractivity contribution in [1.82, 2.24) is 0 Å². The van der Waals surface area contributed by atoms with Gasteiger partial charge in [-0.1, -0.05) is 41.4 Å². The van der Waals surface area contributed by atoms with Crippen LogP contribution in [0.15, 0.2) is 58.5 Å². The van der Waals surface area contributed by atoms with Crippen molar-refractivity contribution in [1.29, 1.82) is 0 Å². The van der Waals surface area contributed by atoms with Gasteiger partial charge in [0.2, 0.25) is 12.2 Å². The van der Waals surface area contributed by atoms with Crippen LogP contribution in [0.1, 0.15) is 0 Å². The summed E-state index contributed by atoms with van der Waals surface area (Å²) < 4.78 is 0. The Bertz CT molecular complexity index is 676. The molecule has 0 aliphatic carbocycles. The highest BCUT2D eigenvalue weighted by atomic mass is 35.5. The molecular weight excluding hydrogens is 299 g/mol. The Balaban J connectivity index is 0.000000200. The van der Waals surface area contributed by atoms with Crippen LogP contribution in [0.4, 0.5) is 11.4 Å². The highest BCUT2D eigenvalue weighted by Crippen LogP contribution is 2.22. The molecule has 0 aliphatic rings. The minimum Gasteiger partial charge on any atom is -0.211 e. The number of isocyanates is 2. The van der Waals surface area contributed by atoms with E-state index in [4.69, 9.17) is 23.2 Å². The lowest BCUT2D eigenvalue weighted by molar-refractivity contribution is 0.564. The number of para-hydroxylation sites is 1. The van der Waals surface area contributed by atoms with Crippen LogP contribution in [0.2, 0.25) is 10.0 Å². The summed E-state index contributed by atoms with van der Waals surface area (Å²) in [4.78, 5) is 26.3. The summed E-state index contributed by atoms with van der Waals surface area (Å²) in [5, 5.41) is 1.03. The molecule has 0 radical (unpaired) electrons. The lowest BCUT2D eigenvalue weighted by Crippen LogP contribution is -1.64. The predicted octanol–water partition coefficient (Wildman–Crippen LogP) is 4.61. The minimum absolute atomic E-state index is 0.458. The van der Waals surface area contributed by atoms with Crippen molar-refractivity contribution >= 4 is 46.7 Å². The maximum atomic E-state index is 9.78. The molecule has 0 saturated carbocycles. The van der Waals surface area contributed by atoms with Gasteiger partial charge in [0, 0.05) is 5.02 Å². The van der Waals surface area contributed by atoms with Crippen LogP contribution in [-0.4, -0.2) is 12.2 Å². The van der Waals surface area contributed by atoms with E-state index in [1.165, 1.54) is 12.2 Å². The molecule has 0 atom stereocenters. The van der Waals surface area contributed by atoms with Gasteiger partial charge in [-0.15, -0.1) is 0 Å². The average Bonchev–Trinajstić information content (AvgIpc) is 2.43. The van der Waals surface area contributed by atoms with Gasteiger partial charge in [-0.3, -0.25) is 0 Å². The second-order valence-electron chi connectivity index (χ2n) is 3.34. The zero-order valence-corrected chi connectivity index (χ0v) is 11.6. The van der Waals surface area contributed by atoms with Crippen molar-refractivity contribution in [3.63, 3.8) is 0 Å². The number of hydrogen-bond acceptors (Lipinski definition) is 4. The Labute approximate surface area is 125 Å². The standard InChI is InChI=1S/2C7H4ClNO/c8-6-2-1-3-7(4-6)9-5-10;8-6-3-1-2-4-7(6)9-5-10/h2*1-4H. The van der Waals surface area contributed by atoms with Crippen LogP contribution >= 0.6 is 23.2 Å². The summed E-state index contributed by atoms with van der Waals surface area (Å²) in [7, 11) is 0. The molecule has 0 spiro atoms.